The van der Waals surface area contributed by atoms with Crippen LogP contribution in [0.15, 0.2) is 71.7 Å². The molecular formula is C26H27N3O3. The van der Waals surface area contributed by atoms with Crippen LogP contribution in [0.1, 0.15) is 59.4 Å². The molecule has 3 aromatic rings. The average molecular weight is 430 g/mol. The minimum Gasteiger partial charge on any atom is -0.502 e. The second-order valence-corrected chi connectivity index (χ2v) is 8.68. The zero-order valence-electron chi connectivity index (χ0n) is 18.1. The number of aromatic nitrogens is 1. The van der Waals surface area contributed by atoms with E-state index in [9.17, 15) is 14.7 Å². The van der Waals surface area contributed by atoms with Gasteiger partial charge in [-0.15, -0.1) is 0 Å². The van der Waals surface area contributed by atoms with Crippen LogP contribution in [0.25, 0.3) is 0 Å². The van der Waals surface area contributed by atoms with Gasteiger partial charge in [0, 0.05) is 18.3 Å². The first-order valence-corrected chi connectivity index (χ1v) is 11.2. The van der Waals surface area contributed by atoms with Crippen molar-refractivity contribution in [2.75, 3.05) is 11.7 Å². The van der Waals surface area contributed by atoms with Gasteiger partial charge < -0.3 is 10.0 Å². The van der Waals surface area contributed by atoms with E-state index in [2.05, 4.69) is 35.3 Å². The monoisotopic (exact) mass is 429 g/mol. The van der Waals surface area contributed by atoms with Crippen molar-refractivity contribution in [1.29, 1.82) is 0 Å². The molecule has 0 aliphatic carbocycles. The smallest absolute Gasteiger partial charge is 0.278 e. The van der Waals surface area contributed by atoms with Crippen molar-refractivity contribution in [2.24, 2.45) is 0 Å². The molecule has 6 nitrogen and oxygen atoms in total. The average Bonchev–Trinajstić information content (AvgIpc) is 2.83. The molecule has 2 aliphatic rings. The predicted molar refractivity (Wildman–Crippen MR) is 123 cm³/mol. The van der Waals surface area contributed by atoms with E-state index in [0.29, 0.717) is 6.67 Å². The molecular weight excluding hydrogens is 402 g/mol. The maximum absolute atomic E-state index is 13.4. The van der Waals surface area contributed by atoms with Gasteiger partial charge >= 0.3 is 0 Å². The molecule has 32 heavy (non-hydrogen) atoms. The van der Waals surface area contributed by atoms with Crippen molar-refractivity contribution in [3.8, 4) is 5.75 Å². The number of nitrogens with zero attached hydrogens (tertiary/aromatic N) is 3. The highest BCUT2D eigenvalue weighted by Gasteiger charge is 2.38. The Morgan fingerprint density at radius 3 is 2.50 bits per heavy atom. The Bertz CT molecular complexity index is 1200. The summed E-state index contributed by atoms with van der Waals surface area (Å²) in [6, 6.07) is 19.8. The molecule has 2 aliphatic heterocycles. The van der Waals surface area contributed by atoms with E-state index in [4.69, 9.17) is 0 Å². The molecule has 6 heteroatoms. The van der Waals surface area contributed by atoms with E-state index in [1.807, 2.05) is 31.2 Å². The number of fused-ring (bicyclic) bond motifs is 5. The van der Waals surface area contributed by atoms with Crippen molar-refractivity contribution in [3.05, 3.63) is 99.5 Å². The van der Waals surface area contributed by atoms with Crippen LogP contribution in [0.2, 0.25) is 0 Å². The Hall–Kier alpha value is -3.54. The van der Waals surface area contributed by atoms with Crippen molar-refractivity contribution in [1.82, 2.24) is 9.58 Å². The lowest BCUT2D eigenvalue weighted by atomic mass is 9.91. The molecule has 0 saturated heterocycles. The molecule has 1 amide bonds. The normalized spacial score (nSPS) is 20.8. The van der Waals surface area contributed by atoms with Crippen LogP contribution < -0.4 is 10.4 Å². The number of pyridine rings is 1. The summed E-state index contributed by atoms with van der Waals surface area (Å²) in [5.74, 6) is -0.794. The first-order chi connectivity index (χ1) is 15.6. The molecule has 2 unspecified atom stereocenters. The SMILES string of the molecule is CC1CCCCc2ccccc2C(c2ccccc2)N2CN1C(=O)c1c(O)c(=O)ccn12. The number of amides is 1. The number of hydrogen-bond donors (Lipinski definition) is 1. The molecule has 164 valence electrons. The minimum absolute atomic E-state index is 0.00825. The summed E-state index contributed by atoms with van der Waals surface area (Å²) in [4.78, 5) is 27.5. The van der Waals surface area contributed by atoms with Crippen LogP contribution in [0, 0.1) is 0 Å². The maximum atomic E-state index is 13.4. The minimum atomic E-state index is -0.542. The number of carbonyl (C=O) groups excluding carboxylic acids is 1. The molecule has 2 aromatic carbocycles. The van der Waals surface area contributed by atoms with Crippen LogP contribution in [-0.4, -0.2) is 33.3 Å². The first-order valence-electron chi connectivity index (χ1n) is 11.2. The molecule has 5 rings (SSSR count). The van der Waals surface area contributed by atoms with Crippen molar-refractivity contribution in [2.45, 2.75) is 44.7 Å². The summed E-state index contributed by atoms with van der Waals surface area (Å²) in [7, 11) is 0. The highest BCUT2D eigenvalue weighted by Crippen LogP contribution is 2.35. The number of aryl methyl sites for hydroxylation is 1. The number of benzene rings is 2. The highest BCUT2D eigenvalue weighted by molar-refractivity contribution is 5.96. The van der Waals surface area contributed by atoms with Gasteiger partial charge in [-0.3, -0.25) is 19.3 Å². The number of hydrogen-bond acceptors (Lipinski definition) is 4. The number of carbonyl (C=O) groups is 1. The lowest BCUT2D eigenvalue weighted by molar-refractivity contribution is 0.0595. The second-order valence-electron chi connectivity index (χ2n) is 8.68. The fraction of sp³-hybridized carbons (Fsp3) is 0.308. The fourth-order valence-electron chi connectivity index (χ4n) is 4.99. The standard InChI is InChI=1S/C26H27N3O3/c1-18-9-5-6-10-19-11-7-8-14-21(19)23(20-12-3-2-4-13-20)29-17-27(18)26(32)24-25(31)22(30)15-16-28(24)29/h2-4,7-8,11-16,18,23,31H,5-6,9-10,17H2,1H3. The lowest BCUT2D eigenvalue weighted by Gasteiger charge is -2.46. The summed E-state index contributed by atoms with van der Waals surface area (Å²) in [6.45, 7) is 2.41. The lowest BCUT2D eigenvalue weighted by Crippen LogP contribution is -2.57. The van der Waals surface area contributed by atoms with E-state index in [1.54, 1.807) is 15.8 Å². The van der Waals surface area contributed by atoms with Crippen LogP contribution in [-0.2, 0) is 6.42 Å². The maximum Gasteiger partial charge on any atom is 0.278 e. The van der Waals surface area contributed by atoms with Crippen molar-refractivity contribution >= 4 is 5.91 Å². The molecule has 1 N–H and O–H groups in total. The van der Waals surface area contributed by atoms with Crippen LogP contribution in [0.5, 0.6) is 5.75 Å². The first kappa shape index (κ1) is 20.4. The van der Waals surface area contributed by atoms with Gasteiger partial charge in [-0.2, -0.15) is 0 Å². The third-order valence-electron chi connectivity index (χ3n) is 6.70. The summed E-state index contributed by atoms with van der Waals surface area (Å²) in [5.41, 5.74) is 3.04. The summed E-state index contributed by atoms with van der Waals surface area (Å²) < 4.78 is 1.68. The fourth-order valence-corrected chi connectivity index (χ4v) is 4.99. The third kappa shape index (κ3) is 3.36. The van der Waals surface area contributed by atoms with E-state index in [0.717, 1.165) is 31.2 Å². The molecule has 0 fully saturated rings. The van der Waals surface area contributed by atoms with Gasteiger partial charge in [0.1, 0.15) is 6.67 Å². The predicted octanol–water partition coefficient (Wildman–Crippen LogP) is 3.81. The van der Waals surface area contributed by atoms with Gasteiger partial charge in [-0.05, 0) is 42.9 Å². The van der Waals surface area contributed by atoms with Crippen LogP contribution >= 0.6 is 0 Å². The molecule has 0 spiro atoms. The topological polar surface area (TPSA) is 65.8 Å². The Labute approximate surface area is 187 Å². The Kier molecular flexibility index (Phi) is 5.21. The van der Waals surface area contributed by atoms with E-state index < -0.39 is 11.2 Å². The molecule has 2 atom stereocenters. The second kappa shape index (κ2) is 8.19. The van der Waals surface area contributed by atoms with E-state index in [1.165, 1.54) is 17.2 Å². The van der Waals surface area contributed by atoms with Gasteiger partial charge in [0.25, 0.3) is 5.91 Å². The van der Waals surface area contributed by atoms with Gasteiger partial charge in [0.15, 0.2) is 11.4 Å². The molecule has 0 radical (unpaired) electrons. The summed E-state index contributed by atoms with van der Waals surface area (Å²) in [6.07, 6.45) is 5.49. The van der Waals surface area contributed by atoms with E-state index in [-0.39, 0.29) is 23.7 Å². The molecule has 2 bridgehead atoms. The Morgan fingerprint density at radius 1 is 0.938 bits per heavy atom. The molecule has 1 aromatic heterocycles. The quantitative estimate of drug-likeness (QED) is 0.639. The largest absolute Gasteiger partial charge is 0.502 e. The molecule has 3 heterocycles. The molecule has 0 saturated carbocycles. The van der Waals surface area contributed by atoms with E-state index >= 15 is 0 Å². The summed E-state index contributed by atoms with van der Waals surface area (Å²) >= 11 is 0. The Morgan fingerprint density at radius 2 is 1.69 bits per heavy atom. The van der Waals surface area contributed by atoms with Crippen molar-refractivity contribution in [3.63, 3.8) is 0 Å². The van der Waals surface area contributed by atoms with Gasteiger partial charge in [0.05, 0.1) is 6.04 Å². The van der Waals surface area contributed by atoms with Crippen LogP contribution in [0.3, 0.4) is 0 Å². The zero-order valence-corrected chi connectivity index (χ0v) is 18.1. The van der Waals surface area contributed by atoms with Crippen molar-refractivity contribution < 1.29 is 9.90 Å². The number of rotatable bonds is 1. The van der Waals surface area contributed by atoms with Gasteiger partial charge in [-0.1, -0.05) is 61.0 Å². The van der Waals surface area contributed by atoms with Gasteiger partial charge in [0.2, 0.25) is 5.43 Å². The third-order valence-corrected chi connectivity index (χ3v) is 6.70. The Balaban J connectivity index is 1.80. The highest BCUT2D eigenvalue weighted by atomic mass is 16.3. The van der Waals surface area contributed by atoms with Crippen LogP contribution in [0.4, 0.5) is 0 Å². The zero-order chi connectivity index (χ0) is 22.2. The number of aromatic hydroxyl groups is 1. The summed E-state index contributed by atoms with van der Waals surface area (Å²) in [5, 5.41) is 12.7. The van der Waals surface area contributed by atoms with Gasteiger partial charge in [-0.25, -0.2) is 0 Å².